The molecule has 2 aromatic rings. The maximum atomic E-state index is 6.03. The Morgan fingerprint density at radius 2 is 1.96 bits per heavy atom. The number of benzene rings is 1. The van der Waals surface area contributed by atoms with Gasteiger partial charge in [-0.15, -0.1) is 0 Å². The zero-order valence-corrected chi connectivity index (χ0v) is 15.6. The first kappa shape index (κ1) is 16.7. The Bertz CT molecular complexity index is 754. The molecule has 4 rings (SSSR count). The average molecular weight is 336 g/mol. The lowest BCUT2D eigenvalue weighted by atomic mass is 9.88. The van der Waals surface area contributed by atoms with E-state index in [9.17, 15) is 0 Å². The average Bonchev–Trinajstić information content (AvgIpc) is 2.61. The highest BCUT2D eigenvalue weighted by Crippen LogP contribution is 2.35. The zero-order valence-electron chi connectivity index (χ0n) is 15.6. The molecule has 25 heavy (non-hydrogen) atoms. The van der Waals surface area contributed by atoms with Crippen LogP contribution < -0.4 is 0 Å². The second-order valence-electron chi connectivity index (χ2n) is 7.91. The SMILES string of the molecule is CC(C)CN1CCc2nc(-c3ccccc3)c3c(c2C1)CO[C@@H](C)C3. The van der Waals surface area contributed by atoms with Crippen LogP contribution in [0.1, 0.15) is 43.2 Å². The van der Waals surface area contributed by atoms with Gasteiger partial charge in [-0.3, -0.25) is 9.88 Å². The molecule has 0 bridgehead atoms. The number of aromatic nitrogens is 1. The monoisotopic (exact) mass is 336 g/mol. The van der Waals surface area contributed by atoms with Crippen LogP contribution in [0.3, 0.4) is 0 Å². The molecule has 3 heterocycles. The minimum absolute atomic E-state index is 0.269. The minimum Gasteiger partial charge on any atom is -0.373 e. The van der Waals surface area contributed by atoms with Gasteiger partial charge < -0.3 is 4.74 Å². The molecule has 0 N–H and O–H groups in total. The van der Waals surface area contributed by atoms with Crippen LogP contribution in [0.5, 0.6) is 0 Å². The van der Waals surface area contributed by atoms with Gasteiger partial charge in [-0.2, -0.15) is 0 Å². The van der Waals surface area contributed by atoms with Crippen LogP contribution >= 0.6 is 0 Å². The van der Waals surface area contributed by atoms with Crippen LogP contribution in [-0.2, 0) is 30.7 Å². The van der Waals surface area contributed by atoms with Crippen LogP contribution in [0.15, 0.2) is 30.3 Å². The fourth-order valence-corrected chi connectivity index (χ4v) is 4.20. The van der Waals surface area contributed by atoms with E-state index in [1.807, 2.05) is 0 Å². The molecule has 0 aliphatic carbocycles. The first-order valence-corrected chi connectivity index (χ1v) is 9.54. The lowest BCUT2D eigenvalue weighted by Crippen LogP contribution is -2.36. The number of rotatable bonds is 3. The van der Waals surface area contributed by atoms with Gasteiger partial charge in [0.05, 0.1) is 18.4 Å². The molecule has 3 nitrogen and oxygen atoms in total. The van der Waals surface area contributed by atoms with E-state index in [4.69, 9.17) is 9.72 Å². The fraction of sp³-hybridized carbons (Fsp3) is 0.500. The zero-order chi connectivity index (χ0) is 17.4. The van der Waals surface area contributed by atoms with E-state index in [1.165, 1.54) is 33.6 Å². The van der Waals surface area contributed by atoms with Crippen molar-refractivity contribution in [1.29, 1.82) is 0 Å². The van der Waals surface area contributed by atoms with Crippen LogP contribution in [0.4, 0.5) is 0 Å². The standard InChI is InChI=1S/C22H28N2O/c1-15(2)12-24-10-9-21-19(13-24)20-14-25-16(3)11-18(20)22(23-21)17-7-5-4-6-8-17/h4-8,15-16H,9-14H2,1-3H3/t16-/m0/s1. The maximum Gasteiger partial charge on any atom is 0.0742 e. The van der Waals surface area contributed by atoms with Crippen molar-refractivity contribution in [3.8, 4) is 11.3 Å². The van der Waals surface area contributed by atoms with Gasteiger partial charge in [0.1, 0.15) is 0 Å². The number of ether oxygens (including phenoxy) is 1. The Labute approximate surface area is 151 Å². The van der Waals surface area contributed by atoms with Crippen molar-refractivity contribution >= 4 is 0 Å². The highest BCUT2D eigenvalue weighted by atomic mass is 16.5. The molecule has 1 aromatic heterocycles. The van der Waals surface area contributed by atoms with Gasteiger partial charge in [-0.1, -0.05) is 44.2 Å². The van der Waals surface area contributed by atoms with E-state index in [0.29, 0.717) is 5.92 Å². The molecule has 3 heteroatoms. The summed E-state index contributed by atoms with van der Waals surface area (Å²) in [7, 11) is 0. The van der Waals surface area contributed by atoms with E-state index in [1.54, 1.807) is 0 Å². The Morgan fingerprint density at radius 1 is 1.16 bits per heavy atom. The second-order valence-corrected chi connectivity index (χ2v) is 7.91. The summed E-state index contributed by atoms with van der Waals surface area (Å²) in [5, 5.41) is 0. The fourth-order valence-electron chi connectivity index (χ4n) is 4.20. The first-order valence-electron chi connectivity index (χ1n) is 9.54. The topological polar surface area (TPSA) is 25.4 Å². The minimum atomic E-state index is 0.269. The smallest absolute Gasteiger partial charge is 0.0742 e. The number of fused-ring (bicyclic) bond motifs is 3. The quantitative estimate of drug-likeness (QED) is 0.839. The third-order valence-electron chi connectivity index (χ3n) is 5.33. The number of pyridine rings is 1. The summed E-state index contributed by atoms with van der Waals surface area (Å²) in [6.45, 7) is 10.8. The highest BCUT2D eigenvalue weighted by molar-refractivity contribution is 5.66. The van der Waals surface area contributed by atoms with Gasteiger partial charge in [0.2, 0.25) is 0 Å². The van der Waals surface area contributed by atoms with Crippen LogP contribution in [0.25, 0.3) is 11.3 Å². The molecule has 0 saturated heterocycles. The molecule has 0 fully saturated rings. The third kappa shape index (κ3) is 3.36. The van der Waals surface area contributed by atoms with Gasteiger partial charge in [-0.05, 0) is 29.5 Å². The lowest BCUT2D eigenvalue weighted by Gasteiger charge is -2.34. The third-order valence-corrected chi connectivity index (χ3v) is 5.33. The molecular formula is C22H28N2O. The first-order chi connectivity index (χ1) is 12.1. The summed E-state index contributed by atoms with van der Waals surface area (Å²) in [4.78, 5) is 7.74. The van der Waals surface area contributed by atoms with Crippen molar-refractivity contribution < 1.29 is 4.74 Å². The number of nitrogens with zero attached hydrogens (tertiary/aromatic N) is 2. The van der Waals surface area contributed by atoms with E-state index in [2.05, 4.69) is 56.0 Å². The van der Waals surface area contributed by atoms with E-state index in [0.717, 1.165) is 39.1 Å². The largest absolute Gasteiger partial charge is 0.373 e. The molecule has 0 spiro atoms. The van der Waals surface area contributed by atoms with E-state index >= 15 is 0 Å². The van der Waals surface area contributed by atoms with Gasteiger partial charge in [0, 0.05) is 43.7 Å². The number of hydrogen-bond acceptors (Lipinski definition) is 3. The molecule has 0 radical (unpaired) electrons. The normalized spacial score (nSPS) is 20.4. The van der Waals surface area contributed by atoms with Crippen LogP contribution in [-0.4, -0.2) is 29.1 Å². The predicted octanol–water partition coefficient (Wildman–Crippen LogP) is 4.22. The van der Waals surface area contributed by atoms with Crippen molar-refractivity contribution in [2.45, 2.75) is 52.9 Å². The van der Waals surface area contributed by atoms with Crippen molar-refractivity contribution in [3.63, 3.8) is 0 Å². The maximum absolute atomic E-state index is 6.03. The number of hydrogen-bond donors (Lipinski definition) is 0. The Kier molecular flexibility index (Phi) is 4.61. The molecule has 0 amide bonds. The summed E-state index contributed by atoms with van der Waals surface area (Å²) < 4.78 is 6.03. The molecule has 0 unspecified atom stereocenters. The summed E-state index contributed by atoms with van der Waals surface area (Å²) in [6.07, 6.45) is 2.28. The van der Waals surface area contributed by atoms with Crippen molar-refractivity contribution in [2.24, 2.45) is 5.92 Å². The Hall–Kier alpha value is -1.71. The van der Waals surface area contributed by atoms with E-state index in [-0.39, 0.29) is 6.10 Å². The van der Waals surface area contributed by atoms with Crippen molar-refractivity contribution in [2.75, 3.05) is 13.1 Å². The van der Waals surface area contributed by atoms with Gasteiger partial charge in [0.25, 0.3) is 0 Å². The van der Waals surface area contributed by atoms with Crippen molar-refractivity contribution in [1.82, 2.24) is 9.88 Å². The summed E-state index contributed by atoms with van der Waals surface area (Å²) >= 11 is 0. The predicted molar refractivity (Wildman–Crippen MR) is 101 cm³/mol. The molecule has 1 atom stereocenters. The lowest BCUT2D eigenvalue weighted by molar-refractivity contribution is 0.0396. The Balaban J connectivity index is 1.79. The van der Waals surface area contributed by atoms with E-state index < -0.39 is 0 Å². The van der Waals surface area contributed by atoms with Crippen molar-refractivity contribution in [3.05, 3.63) is 52.7 Å². The molecular weight excluding hydrogens is 308 g/mol. The summed E-state index contributed by atoms with van der Waals surface area (Å²) in [6, 6.07) is 10.7. The molecule has 2 aliphatic rings. The Morgan fingerprint density at radius 3 is 2.72 bits per heavy atom. The highest BCUT2D eigenvalue weighted by Gasteiger charge is 2.28. The van der Waals surface area contributed by atoms with Crippen LogP contribution in [0.2, 0.25) is 0 Å². The van der Waals surface area contributed by atoms with Gasteiger partial charge >= 0.3 is 0 Å². The summed E-state index contributed by atoms with van der Waals surface area (Å²) in [5.74, 6) is 0.699. The van der Waals surface area contributed by atoms with Gasteiger partial charge in [-0.25, -0.2) is 0 Å². The second kappa shape index (κ2) is 6.89. The summed E-state index contributed by atoms with van der Waals surface area (Å²) in [5.41, 5.74) is 7.97. The van der Waals surface area contributed by atoms with Gasteiger partial charge in [0.15, 0.2) is 0 Å². The van der Waals surface area contributed by atoms with Crippen LogP contribution in [0, 0.1) is 5.92 Å². The molecule has 0 saturated carbocycles. The molecule has 2 aliphatic heterocycles. The molecule has 132 valence electrons. The molecule has 1 aromatic carbocycles.